The minimum absolute atomic E-state index is 0.0796. The molecule has 1 amide bonds. The van der Waals surface area contributed by atoms with Crippen LogP contribution in [-0.2, 0) is 11.3 Å². The molecule has 1 aliphatic rings. The van der Waals surface area contributed by atoms with E-state index in [2.05, 4.69) is 16.3 Å². The molecule has 0 aliphatic heterocycles. The average molecular weight is 369 g/mol. The van der Waals surface area contributed by atoms with Crippen LogP contribution in [0, 0.1) is 17.1 Å². The van der Waals surface area contributed by atoms with Crippen LogP contribution in [0.25, 0.3) is 0 Å². The molecule has 134 valence electrons. The fraction of sp³-hybridized carbons (Fsp3) is 0.300. The number of hydrogen-bond donors (Lipinski definition) is 1. The van der Waals surface area contributed by atoms with Crippen molar-refractivity contribution in [3.05, 3.63) is 59.9 Å². The Labute approximate surface area is 157 Å². The summed E-state index contributed by atoms with van der Waals surface area (Å²) in [5.74, 6) is 0.00557. The van der Waals surface area contributed by atoms with Gasteiger partial charge in [-0.1, -0.05) is 24.3 Å². The Morgan fingerprint density at radius 3 is 2.65 bits per heavy atom. The molecule has 0 heterocycles. The van der Waals surface area contributed by atoms with Crippen molar-refractivity contribution in [3.63, 3.8) is 0 Å². The number of anilines is 1. The van der Waals surface area contributed by atoms with E-state index in [0.717, 1.165) is 29.0 Å². The average Bonchev–Trinajstić information content (AvgIpc) is 3.47. The summed E-state index contributed by atoms with van der Waals surface area (Å²) in [4.78, 5) is 15.6. The van der Waals surface area contributed by atoms with Crippen LogP contribution in [0.4, 0.5) is 10.1 Å². The third-order valence-corrected chi connectivity index (χ3v) is 5.10. The zero-order chi connectivity index (χ0) is 18.4. The lowest BCUT2D eigenvalue weighted by atomic mass is 10.2. The number of nitrogens with zero attached hydrogens (tertiary/aromatic N) is 2. The number of benzene rings is 2. The highest BCUT2D eigenvalue weighted by Crippen LogP contribution is 2.29. The summed E-state index contributed by atoms with van der Waals surface area (Å²) >= 11 is 1.41. The van der Waals surface area contributed by atoms with E-state index in [-0.39, 0.29) is 11.7 Å². The number of nitriles is 1. The van der Waals surface area contributed by atoms with E-state index in [0.29, 0.717) is 24.9 Å². The molecule has 6 heteroatoms. The molecule has 1 saturated carbocycles. The molecule has 0 spiro atoms. The second kappa shape index (κ2) is 8.84. The highest BCUT2D eigenvalue weighted by Gasteiger charge is 2.30. The van der Waals surface area contributed by atoms with Crippen molar-refractivity contribution in [2.75, 3.05) is 17.6 Å². The van der Waals surface area contributed by atoms with E-state index in [1.807, 2.05) is 24.3 Å². The number of hydrogen-bond acceptors (Lipinski definition) is 4. The molecule has 0 aromatic heterocycles. The van der Waals surface area contributed by atoms with Gasteiger partial charge >= 0.3 is 0 Å². The molecular weight excluding hydrogens is 349 g/mol. The van der Waals surface area contributed by atoms with Crippen LogP contribution in [0.2, 0.25) is 0 Å². The van der Waals surface area contributed by atoms with E-state index < -0.39 is 0 Å². The van der Waals surface area contributed by atoms with Gasteiger partial charge in [0.05, 0.1) is 24.1 Å². The first kappa shape index (κ1) is 18.4. The summed E-state index contributed by atoms with van der Waals surface area (Å²) < 4.78 is 13.1. The van der Waals surface area contributed by atoms with Gasteiger partial charge in [0, 0.05) is 17.5 Å². The monoisotopic (exact) mass is 369 g/mol. The van der Waals surface area contributed by atoms with Crippen LogP contribution in [-0.4, -0.2) is 29.1 Å². The van der Waals surface area contributed by atoms with E-state index in [1.54, 1.807) is 12.1 Å². The van der Waals surface area contributed by atoms with E-state index >= 15 is 0 Å². The molecule has 1 fully saturated rings. The molecule has 0 bridgehead atoms. The lowest BCUT2D eigenvalue weighted by molar-refractivity contribution is -0.117. The lowest BCUT2D eigenvalue weighted by Crippen LogP contribution is -2.34. The van der Waals surface area contributed by atoms with Gasteiger partial charge in [-0.2, -0.15) is 5.26 Å². The van der Waals surface area contributed by atoms with Gasteiger partial charge in [-0.15, -0.1) is 11.8 Å². The van der Waals surface area contributed by atoms with Gasteiger partial charge in [0.2, 0.25) is 5.91 Å². The summed E-state index contributed by atoms with van der Waals surface area (Å²) in [6.45, 7) is 0.919. The molecule has 2 aromatic carbocycles. The van der Waals surface area contributed by atoms with Crippen molar-refractivity contribution in [1.29, 1.82) is 5.26 Å². The Balaban J connectivity index is 1.62. The first-order valence-electron chi connectivity index (χ1n) is 8.53. The van der Waals surface area contributed by atoms with Crippen molar-refractivity contribution >= 4 is 23.4 Å². The summed E-state index contributed by atoms with van der Waals surface area (Å²) in [6.07, 6.45) is 2.17. The van der Waals surface area contributed by atoms with Crippen LogP contribution in [0.5, 0.6) is 0 Å². The van der Waals surface area contributed by atoms with Crippen LogP contribution in [0.1, 0.15) is 18.4 Å². The number of para-hydroxylation sites is 1. The predicted octanol–water partition coefficient (Wildman–Crippen LogP) is 4.04. The minimum Gasteiger partial charge on any atom is -0.324 e. The van der Waals surface area contributed by atoms with Gasteiger partial charge in [-0.25, -0.2) is 4.39 Å². The van der Waals surface area contributed by atoms with Crippen molar-refractivity contribution in [2.24, 2.45) is 0 Å². The van der Waals surface area contributed by atoms with E-state index in [1.165, 1.54) is 23.9 Å². The van der Waals surface area contributed by atoms with Gasteiger partial charge in [0.15, 0.2) is 0 Å². The third kappa shape index (κ3) is 5.32. The van der Waals surface area contributed by atoms with Gasteiger partial charge in [-0.05, 0) is 42.7 Å². The van der Waals surface area contributed by atoms with Crippen molar-refractivity contribution < 1.29 is 9.18 Å². The van der Waals surface area contributed by atoms with E-state index in [9.17, 15) is 9.18 Å². The highest BCUT2D eigenvalue weighted by molar-refractivity contribution is 7.99. The molecule has 1 aliphatic carbocycles. The predicted molar refractivity (Wildman–Crippen MR) is 101 cm³/mol. The topological polar surface area (TPSA) is 56.1 Å². The maximum Gasteiger partial charge on any atom is 0.238 e. The molecule has 0 atom stereocenters. The molecule has 4 nitrogen and oxygen atoms in total. The Morgan fingerprint density at radius 2 is 1.96 bits per heavy atom. The van der Waals surface area contributed by atoms with Crippen LogP contribution in [0.3, 0.4) is 0 Å². The lowest BCUT2D eigenvalue weighted by Gasteiger charge is -2.22. The summed E-state index contributed by atoms with van der Waals surface area (Å²) in [6, 6.07) is 16.4. The number of halogens is 1. The Hall–Kier alpha value is -2.36. The minimum atomic E-state index is -0.254. The van der Waals surface area contributed by atoms with Crippen LogP contribution in [0.15, 0.2) is 53.4 Å². The molecule has 3 rings (SSSR count). The Kier molecular flexibility index (Phi) is 6.26. The van der Waals surface area contributed by atoms with Crippen molar-refractivity contribution in [3.8, 4) is 6.07 Å². The zero-order valence-electron chi connectivity index (χ0n) is 14.3. The van der Waals surface area contributed by atoms with Crippen LogP contribution < -0.4 is 5.32 Å². The number of carbonyl (C=O) groups excluding carboxylic acids is 1. The fourth-order valence-corrected chi connectivity index (χ4v) is 3.43. The number of rotatable bonds is 8. The summed E-state index contributed by atoms with van der Waals surface area (Å²) in [5.41, 5.74) is 1.73. The van der Waals surface area contributed by atoms with Crippen molar-refractivity contribution in [1.82, 2.24) is 4.90 Å². The normalized spacial score (nSPS) is 13.4. The number of amides is 1. The number of carbonyl (C=O) groups is 1. The summed E-state index contributed by atoms with van der Waals surface area (Å²) in [5, 5.41) is 11.7. The van der Waals surface area contributed by atoms with Crippen molar-refractivity contribution in [2.45, 2.75) is 30.3 Å². The zero-order valence-corrected chi connectivity index (χ0v) is 15.1. The van der Waals surface area contributed by atoms with Gasteiger partial charge in [-0.3, -0.25) is 9.69 Å². The highest BCUT2D eigenvalue weighted by atomic mass is 32.2. The SMILES string of the molecule is N#CCSc1ccccc1NC(=O)CN(Cc1ccc(F)cc1)C1CC1. The van der Waals surface area contributed by atoms with Crippen LogP contribution >= 0.6 is 11.8 Å². The largest absolute Gasteiger partial charge is 0.324 e. The molecule has 1 N–H and O–H groups in total. The standard InChI is InChI=1S/C20H20FN3OS/c21-16-7-5-15(6-8-16)13-24(17-9-10-17)14-20(25)23-18-3-1-2-4-19(18)26-12-11-22/h1-8,17H,9-10,12-14H2,(H,23,25). The first-order valence-corrected chi connectivity index (χ1v) is 9.51. The first-order chi connectivity index (χ1) is 12.7. The Bertz CT molecular complexity index is 799. The molecule has 26 heavy (non-hydrogen) atoms. The fourth-order valence-electron chi connectivity index (χ4n) is 2.76. The van der Waals surface area contributed by atoms with E-state index in [4.69, 9.17) is 5.26 Å². The second-order valence-electron chi connectivity index (χ2n) is 6.25. The van der Waals surface area contributed by atoms with Gasteiger partial charge < -0.3 is 5.32 Å². The third-order valence-electron chi connectivity index (χ3n) is 4.16. The summed E-state index contributed by atoms with van der Waals surface area (Å²) in [7, 11) is 0. The number of nitrogens with one attached hydrogen (secondary N) is 1. The van der Waals surface area contributed by atoms with Gasteiger partial charge in [0.1, 0.15) is 5.82 Å². The Morgan fingerprint density at radius 1 is 1.23 bits per heavy atom. The molecule has 0 radical (unpaired) electrons. The molecule has 2 aromatic rings. The smallest absolute Gasteiger partial charge is 0.238 e. The quantitative estimate of drug-likeness (QED) is 0.714. The number of thioether (sulfide) groups is 1. The molecule has 0 unspecified atom stereocenters. The second-order valence-corrected chi connectivity index (χ2v) is 7.27. The maximum atomic E-state index is 13.1. The molecule has 0 saturated heterocycles. The molecular formula is C20H20FN3OS. The van der Waals surface area contributed by atoms with Gasteiger partial charge in [0.25, 0.3) is 0 Å². The maximum absolute atomic E-state index is 13.1.